The van der Waals surface area contributed by atoms with Gasteiger partial charge in [0.15, 0.2) is 5.82 Å². The van der Waals surface area contributed by atoms with Gasteiger partial charge in [-0.2, -0.15) is 10.4 Å². The SMILES string of the molecule is Cc1cccc(C(=O)Nc2nn(C)cc2C#N)c1O. The summed E-state index contributed by atoms with van der Waals surface area (Å²) in [7, 11) is 1.65. The molecule has 1 amide bonds. The molecule has 0 bridgehead atoms. The van der Waals surface area contributed by atoms with Crippen LogP contribution in [0.4, 0.5) is 5.82 Å². The third-order valence-electron chi connectivity index (χ3n) is 2.66. The molecule has 6 nitrogen and oxygen atoms in total. The van der Waals surface area contributed by atoms with Crippen molar-refractivity contribution in [1.29, 1.82) is 5.26 Å². The lowest BCUT2D eigenvalue weighted by molar-refractivity contribution is 0.102. The Morgan fingerprint density at radius 3 is 2.95 bits per heavy atom. The van der Waals surface area contributed by atoms with Crippen molar-refractivity contribution in [3.63, 3.8) is 0 Å². The topological polar surface area (TPSA) is 90.9 Å². The summed E-state index contributed by atoms with van der Waals surface area (Å²) in [6.07, 6.45) is 1.51. The Morgan fingerprint density at radius 2 is 2.26 bits per heavy atom. The number of aromatic hydroxyl groups is 1. The molecule has 0 spiro atoms. The zero-order valence-electron chi connectivity index (χ0n) is 10.5. The van der Waals surface area contributed by atoms with Gasteiger partial charge >= 0.3 is 0 Å². The predicted molar refractivity (Wildman–Crippen MR) is 68.7 cm³/mol. The fourth-order valence-electron chi connectivity index (χ4n) is 1.68. The molecule has 0 fully saturated rings. The lowest BCUT2D eigenvalue weighted by Gasteiger charge is -2.06. The number of nitrogens with one attached hydrogen (secondary N) is 1. The Morgan fingerprint density at radius 1 is 1.53 bits per heavy atom. The molecule has 0 aliphatic rings. The van der Waals surface area contributed by atoms with Crippen molar-refractivity contribution < 1.29 is 9.90 Å². The zero-order chi connectivity index (χ0) is 14.0. The van der Waals surface area contributed by atoms with E-state index in [0.717, 1.165) is 0 Å². The summed E-state index contributed by atoms with van der Waals surface area (Å²) >= 11 is 0. The van der Waals surface area contributed by atoms with Crippen molar-refractivity contribution >= 4 is 11.7 Å². The molecule has 2 aromatic rings. The third-order valence-corrected chi connectivity index (χ3v) is 2.66. The molecule has 2 rings (SSSR count). The van der Waals surface area contributed by atoms with Gasteiger partial charge in [-0.3, -0.25) is 9.48 Å². The van der Waals surface area contributed by atoms with E-state index in [-0.39, 0.29) is 22.7 Å². The monoisotopic (exact) mass is 256 g/mol. The van der Waals surface area contributed by atoms with Crippen LogP contribution in [0.2, 0.25) is 0 Å². The third kappa shape index (κ3) is 2.40. The van der Waals surface area contributed by atoms with E-state index in [1.54, 1.807) is 26.1 Å². The van der Waals surface area contributed by atoms with Crippen LogP contribution in [0.25, 0.3) is 0 Å². The first-order valence-electron chi connectivity index (χ1n) is 5.56. The van der Waals surface area contributed by atoms with Crippen molar-refractivity contribution in [1.82, 2.24) is 9.78 Å². The zero-order valence-corrected chi connectivity index (χ0v) is 10.5. The maximum atomic E-state index is 12.0. The Kier molecular flexibility index (Phi) is 3.21. The quantitative estimate of drug-likeness (QED) is 0.853. The molecule has 0 saturated heterocycles. The molecule has 6 heteroatoms. The molecule has 0 atom stereocenters. The van der Waals surface area contributed by atoms with Crippen LogP contribution in [0.1, 0.15) is 21.5 Å². The van der Waals surface area contributed by atoms with E-state index in [4.69, 9.17) is 5.26 Å². The highest BCUT2D eigenvalue weighted by Gasteiger charge is 2.16. The van der Waals surface area contributed by atoms with Crippen molar-refractivity contribution in [2.75, 3.05) is 5.32 Å². The number of rotatable bonds is 2. The van der Waals surface area contributed by atoms with Gasteiger partial charge in [-0.05, 0) is 18.6 Å². The predicted octanol–water partition coefficient (Wildman–Crippen LogP) is 1.56. The van der Waals surface area contributed by atoms with Crippen LogP contribution in [0.5, 0.6) is 5.75 Å². The minimum absolute atomic E-state index is 0.0746. The fraction of sp³-hybridized carbons (Fsp3) is 0.154. The molecule has 96 valence electrons. The largest absolute Gasteiger partial charge is 0.507 e. The van der Waals surface area contributed by atoms with E-state index in [1.165, 1.54) is 16.9 Å². The van der Waals surface area contributed by atoms with Crippen LogP contribution in [0.3, 0.4) is 0 Å². The summed E-state index contributed by atoms with van der Waals surface area (Å²) in [4.78, 5) is 12.0. The number of hydrogen-bond acceptors (Lipinski definition) is 4. The summed E-state index contributed by atoms with van der Waals surface area (Å²) in [5, 5.41) is 25.2. The molecule has 0 saturated carbocycles. The minimum atomic E-state index is -0.503. The van der Waals surface area contributed by atoms with E-state index < -0.39 is 5.91 Å². The van der Waals surface area contributed by atoms with Crippen molar-refractivity contribution in [3.8, 4) is 11.8 Å². The summed E-state index contributed by atoms with van der Waals surface area (Å²) < 4.78 is 1.43. The highest BCUT2D eigenvalue weighted by molar-refractivity contribution is 6.06. The lowest BCUT2D eigenvalue weighted by Crippen LogP contribution is -2.13. The van der Waals surface area contributed by atoms with Crippen LogP contribution in [0.15, 0.2) is 24.4 Å². The molecule has 0 aliphatic heterocycles. The van der Waals surface area contributed by atoms with Crippen molar-refractivity contribution in [2.24, 2.45) is 7.05 Å². The van der Waals surface area contributed by atoms with Crippen LogP contribution in [-0.4, -0.2) is 20.8 Å². The van der Waals surface area contributed by atoms with Crippen LogP contribution in [0, 0.1) is 18.3 Å². The number of nitriles is 1. The van der Waals surface area contributed by atoms with Gasteiger partial charge in [0.1, 0.15) is 17.4 Å². The van der Waals surface area contributed by atoms with Gasteiger partial charge in [0, 0.05) is 13.2 Å². The second-order valence-corrected chi connectivity index (χ2v) is 4.10. The maximum Gasteiger partial charge on any atom is 0.260 e. The number of phenolic OH excluding ortho intramolecular Hbond substituents is 1. The number of amides is 1. The standard InChI is InChI=1S/C13H12N4O2/c1-8-4-3-5-10(11(8)18)13(19)15-12-9(6-14)7-17(2)16-12/h3-5,7,18H,1-2H3,(H,15,16,19). The second kappa shape index (κ2) is 4.82. The number of anilines is 1. The van der Waals surface area contributed by atoms with Crippen LogP contribution < -0.4 is 5.32 Å². The minimum Gasteiger partial charge on any atom is -0.507 e. The molecular weight excluding hydrogens is 244 g/mol. The van der Waals surface area contributed by atoms with E-state index in [1.807, 2.05) is 6.07 Å². The number of carbonyl (C=O) groups excluding carboxylic acids is 1. The van der Waals surface area contributed by atoms with Gasteiger partial charge in [0.05, 0.1) is 5.56 Å². The van der Waals surface area contributed by atoms with E-state index >= 15 is 0 Å². The molecule has 1 aromatic heterocycles. The number of carbonyl (C=O) groups is 1. The summed E-state index contributed by atoms with van der Waals surface area (Å²) in [6.45, 7) is 1.70. The van der Waals surface area contributed by atoms with Crippen LogP contribution >= 0.6 is 0 Å². The normalized spacial score (nSPS) is 9.95. The highest BCUT2D eigenvalue weighted by atomic mass is 16.3. The summed E-state index contributed by atoms with van der Waals surface area (Å²) in [6, 6.07) is 6.82. The molecule has 0 unspecified atom stereocenters. The van der Waals surface area contributed by atoms with Gasteiger partial charge in [-0.25, -0.2) is 0 Å². The maximum absolute atomic E-state index is 12.0. The summed E-state index contributed by atoms with van der Waals surface area (Å²) in [5.41, 5.74) is 1.02. The van der Waals surface area contributed by atoms with Gasteiger partial charge in [0.25, 0.3) is 5.91 Å². The number of para-hydroxylation sites is 1. The second-order valence-electron chi connectivity index (χ2n) is 4.10. The van der Waals surface area contributed by atoms with Gasteiger partial charge in [0.2, 0.25) is 0 Å². The first-order valence-corrected chi connectivity index (χ1v) is 5.56. The molecule has 0 radical (unpaired) electrons. The number of aryl methyl sites for hydroxylation is 2. The molecule has 19 heavy (non-hydrogen) atoms. The number of aromatic nitrogens is 2. The Bertz CT molecular complexity index is 682. The average Bonchev–Trinajstić information content (AvgIpc) is 2.72. The molecule has 1 heterocycles. The van der Waals surface area contributed by atoms with Crippen molar-refractivity contribution in [2.45, 2.75) is 6.92 Å². The average molecular weight is 256 g/mol. The Balaban J connectivity index is 2.31. The number of hydrogen-bond donors (Lipinski definition) is 2. The smallest absolute Gasteiger partial charge is 0.260 e. The van der Waals surface area contributed by atoms with E-state index in [2.05, 4.69) is 10.4 Å². The molecular formula is C13H12N4O2. The highest BCUT2D eigenvalue weighted by Crippen LogP contribution is 2.22. The molecule has 1 aromatic carbocycles. The number of phenols is 1. The first kappa shape index (κ1) is 12.6. The number of nitrogens with zero attached hydrogens (tertiary/aromatic N) is 3. The Labute approximate surface area is 109 Å². The lowest BCUT2D eigenvalue weighted by atomic mass is 10.1. The van der Waals surface area contributed by atoms with E-state index in [0.29, 0.717) is 5.56 Å². The molecule has 2 N–H and O–H groups in total. The summed E-state index contributed by atoms with van der Waals surface area (Å²) in [5.74, 6) is -0.401. The van der Waals surface area contributed by atoms with Gasteiger partial charge in [-0.15, -0.1) is 0 Å². The van der Waals surface area contributed by atoms with E-state index in [9.17, 15) is 9.90 Å². The van der Waals surface area contributed by atoms with Crippen molar-refractivity contribution in [3.05, 3.63) is 41.1 Å². The molecule has 0 aliphatic carbocycles. The van der Waals surface area contributed by atoms with Gasteiger partial charge < -0.3 is 10.4 Å². The number of benzene rings is 1. The van der Waals surface area contributed by atoms with Crippen LogP contribution in [-0.2, 0) is 7.05 Å². The van der Waals surface area contributed by atoms with Gasteiger partial charge in [-0.1, -0.05) is 12.1 Å². The fourth-order valence-corrected chi connectivity index (χ4v) is 1.68. The first-order chi connectivity index (χ1) is 9.02. The Hall–Kier alpha value is -2.81.